The van der Waals surface area contributed by atoms with Gasteiger partial charge in [0.15, 0.2) is 5.78 Å². The molecule has 2 aromatic carbocycles. The van der Waals surface area contributed by atoms with Crippen molar-refractivity contribution in [3.8, 4) is 11.3 Å². The Hall–Kier alpha value is -4.06. The maximum absolute atomic E-state index is 12.8. The van der Waals surface area contributed by atoms with Crippen LogP contribution in [0.1, 0.15) is 15.9 Å². The number of nitrogens with zero attached hydrogens (tertiary/aromatic N) is 3. The minimum atomic E-state index is -0.131. The van der Waals surface area contributed by atoms with Crippen molar-refractivity contribution < 1.29 is 4.79 Å². The molecule has 2 heterocycles. The average Bonchev–Trinajstić information content (AvgIpc) is 2.76. The molecule has 0 saturated carbocycles. The summed E-state index contributed by atoms with van der Waals surface area (Å²) in [6.07, 6.45) is 5.09. The SMILES string of the molecule is Nc1c(Nc2nccc(-c3ccncc3)n2)cccc1C(=O)c1ccccc1. The summed E-state index contributed by atoms with van der Waals surface area (Å²) in [6.45, 7) is 0. The molecule has 0 fully saturated rings. The molecule has 28 heavy (non-hydrogen) atoms. The van der Waals surface area contributed by atoms with Gasteiger partial charge in [0, 0.05) is 35.3 Å². The molecule has 0 aliphatic carbocycles. The van der Waals surface area contributed by atoms with Crippen molar-refractivity contribution in [1.82, 2.24) is 15.0 Å². The zero-order chi connectivity index (χ0) is 19.3. The number of anilines is 3. The van der Waals surface area contributed by atoms with Crippen molar-refractivity contribution >= 4 is 23.1 Å². The number of carbonyl (C=O) groups excluding carboxylic acids is 1. The highest BCUT2D eigenvalue weighted by atomic mass is 16.1. The fourth-order valence-corrected chi connectivity index (χ4v) is 2.84. The maximum atomic E-state index is 12.8. The van der Waals surface area contributed by atoms with E-state index in [4.69, 9.17) is 5.73 Å². The Bertz CT molecular complexity index is 1110. The third kappa shape index (κ3) is 3.57. The Labute approximate surface area is 162 Å². The topological polar surface area (TPSA) is 93.8 Å². The smallest absolute Gasteiger partial charge is 0.227 e. The molecule has 0 aliphatic rings. The second-order valence-electron chi connectivity index (χ2n) is 6.09. The lowest BCUT2D eigenvalue weighted by Gasteiger charge is -2.12. The molecule has 4 aromatic rings. The molecule has 0 saturated heterocycles. The van der Waals surface area contributed by atoms with E-state index in [0.717, 1.165) is 11.3 Å². The highest BCUT2D eigenvalue weighted by Crippen LogP contribution is 2.27. The molecule has 6 nitrogen and oxygen atoms in total. The van der Waals surface area contributed by atoms with Crippen molar-refractivity contribution in [3.05, 3.63) is 96.4 Å². The van der Waals surface area contributed by atoms with E-state index in [2.05, 4.69) is 20.3 Å². The predicted octanol–water partition coefficient (Wildman–Crippen LogP) is 4.10. The number of nitrogens with two attached hydrogens (primary N) is 1. The van der Waals surface area contributed by atoms with Crippen molar-refractivity contribution in [2.75, 3.05) is 11.1 Å². The Morgan fingerprint density at radius 1 is 0.857 bits per heavy atom. The molecule has 0 radical (unpaired) electrons. The summed E-state index contributed by atoms with van der Waals surface area (Å²) in [7, 11) is 0. The van der Waals surface area contributed by atoms with E-state index < -0.39 is 0 Å². The van der Waals surface area contributed by atoms with Gasteiger partial charge in [-0.2, -0.15) is 0 Å². The molecule has 136 valence electrons. The summed E-state index contributed by atoms with van der Waals surface area (Å²) >= 11 is 0. The van der Waals surface area contributed by atoms with Crippen LogP contribution in [0.2, 0.25) is 0 Å². The lowest BCUT2D eigenvalue weighted by molar-refractivity contribution is 0.103. The molecule has 4 rings (SSSR count). The van der Waals surface area contributed by atoms with E-state index in [1.807, 2.05) is 36.4 Å². The van der Waals surface area contributed by atoms with Crippen LogP contribution in [-0.2, 0) is 0 Å². The van der Waals surface area contributed by atoms with E-state index >= 15 is 0 Å². The molecule has 0 spiro atoms. The molecular formula is C22H17N5O. The summed E-state index contributed by atoms with van der Waals surface area (Å²) in [5.74, 6) is 0.263. The summed E-state index contributed by atoms with van der Waals surface area (Å²) < 4.78 is 0. The van der Waals surface area contributed by atoms with E-state index in [-0.39, 0.29) is 5.78 Å². The first-order valence-corrected chi connectivity index (χ1v) is 8.71. The van der Waals surface area contributed by atoms with Gasteiger partial charge >= 0.3 is 0 Å². The molecule has 2 aromatic heterocycles. The van der Waals surface area contributed by atoms with Crippen LogP contribution >= 0.6 is 0 Å². The number of ketones is 1. The van der Waals surface area contributed by atoms with Gasteiger partial charge in [0.25, 0.3) is 0 Å². The normalized spacial score (nSPS) is 10.4. The third-order valence-corrected chi connectivity index (χ3v) is 4.26. The second-order valence-corrected chi connectivity index (χ2v) is 6.09. The van der Waals surface area contributed by atoms with Crippen LogP contribution in [0.25, 0.3) is 11.3 Å². The van der Waals surface area contributed by atoms with Gasteiger partial charge in [-0.15, -0.1) is 0 Å². The van der Waals surface area contributed by atoms with Crippen LogP contribution < -0.4 is 11.1 Å². The van der Waals surface area contributed by atoms with Gasteiger partial charge in [0.05, 0.1) is 17.1 Å². The molecule has 0 amide bonds. The zero-order valence-corrected chi connectivity index (χ0v) is 14.9. The number of pyridine rings is 1. The van der Waals surface area contributed by atoms with E-state index in [9.17, 15) is 4.79 Å². The number of nitrogen functional groups attached to an aromatic ring is 1. The number of rotatable bonds is 5. The molecule has 0 atom stereocenters. The fraction of sp³-hybridized carbons (Fsp3) is 0. The lowest BCUT2D eigenvalue weighted by Crippen LogP contribution is -2.08. The molecule has 3 N–H and O–H groups in total. The monoisotopic (exact) mass is 367 g/mol. The first kappa shape index (κ1) is 17.4. The third-order valence-electron chi connectivity index (χ3n) is 4.26. The van der Waals surface area contributed by atoms with E-state index in [1.54, 1.807) is 48.9 Å². The number of carbonyl (C=O) groups is 1. The summed E-state index contributed by atoms with van der Waals surface area (Å²) in [4.78, 5) is 25.6. The van der Waals surface area contributed by atoms with Crippen LogP contribution in [0.3, 0.4) is 0 Å². The first-order valence-electron chi connectivity index (χ1n) is 8.71. The van der Waals surface area contributed by atoms with Gasteiger partial charge in [-0.25, -0.2) is 9.97 Å². The van der Waals surface area contributed by atoms with Crippen LogP contribution in [0.4, 0.5) is 17.3 Å². The highest BCUT2D eigenvalue weighted by Gasteiger charge is 2.15. The number of hydrogen-bond acceptors (Lipinski definition) is 6. The number of para-hydroxylation sites is 1. The number of hydrogen-bond donors (Lipinski definition) is 2. The Kier molecular flexibility index (Phi) is 4.76. The summed E-state index contributed by atoms with van der Waals surface area (Å²) in [5.41, 5.74) is 9.91. The first-order chi connectivity index (χ1) is 13.7. The predicted molar refractivity (Wildman–Crippen MR) is 109 cm³/mol. The maximum Gasteiger partial charge on any atom is 0.227 e. The Morgan fingerprint density at radius 2 is 1.64 bits per heavy atom. The van der Waals surface area contributed by atoms with Crippen LogP contribution in [0.5, 0.6) is 0 Å². The number of benzene rings is 2. The fourth-order valence-electron chi connectivity index (χ4n) is 2.84. The van der Waals surface area contributed by atoms with Crippen LogP contribution in [-0.4, -0.2) is 20.7 Å². The average molecular weight is 367 g/mol. The molecule has 6 heteroatoms. The van der Waals surface area contributed by atoms with Gasteiger partial charge < -0.3 is 11.1 Å². The molecule has 0 aliphatic heterocycles. The van der Waals surface area contributed by atoms with E-state index in [1.165, 1.54) is 0 Å². The van der Waals surface area contributed by atoms with Gasteiger partial charge in [-0.05, 0) is 30.3 Å². The standard InChI is InChI=1S/C22H17N5O/c23-20-17(21(28)16-5-2-1-3-6-16)7-4-8-19(20)27-22-25-14-11-18(26-22)15-9-12-24-13-10-15/h1-14H,23H2,(H,25,26,27). The second kappa shape index (κ2) is 7.67. The highest BCUT2D eigenvalue weighted by molar-refractivity contribution is 6.13. The number of aromatic nitrogens is 3. The van der Waals surface area contributed by atoms with Gasteiger partial charge in [-0.1, -0.05) is 36.4 Å². The Balaban J connectivity index is 1.64. The van der Waals surface area contributed by atoms with Crippen LogP contribution in [0, 0.1) is 0 Å². The van der Waals surface area contributed by atoms with E-state index in [0.29, 0.717) is 28.5 Å². The van der Waals surface area contributed by atoms with Gasteiger partial charge in [-0.3, -0.25) is 9.78 Å². The van der Waals surface area contributed by atoms with Crippen molar-refractivity contribution in [2.45, 2.75) is 0 Å². The molecule has 0 unspecified atom stereocenters. The summed E-state index contributed by atoms with van der Waals surface area (Å²) in [6, 6.07) is 19.9. The minimum absolute atomic E-state index is 0.131. The van der Waals surface area contributed by atoms with Crippen molar-refractivity contribution in [2.24, 2.45) is 0 Å². The zero-order valence-electron chi connectivity index (χ0n) is 14.9. The largest absolute Gasteiger partial charge is 0.396 e. The van der Waals surface area contributed by atoms with Crippen LogP contribution in [0.15, 0.2) is 85.3 Å². The molecular weight excluding hydrogens is 350 g/mol. The number of nitrogens with one attached hydrogen (secondary N) is 1. The minimum Gasteiger partial charge on any atom is -0.396 e. The van der Waals surface area contributed by atoms with Gasteiger partial charge in [0.1, 0.15) is 0 Å². The quantitative estimate of drug-likeness (QED) is 0.407. The molecule has 0 bridgehead atoms. The van der Waals surface area contributed by atoms with Gasteiger partial charge in [0.2, 0.25) is 5.95 Å². The van der Waals surface area contributed by atoms with Crippen molar-refractivity contribution in [3.63, 3.8) is 0 Å². The lowest BCUT2D eigenvalue weighted by atomic mass is 10.0. The Morgan fingerprint density at radius 3 is 2.43 bits per heavy atom. The summed E-state index contributed by atoms with van der Waals surface area (Å²) in [5, 5.41) is 3.11. The van der Waals surface area contributed by atoms with Crippen molar-refractivity contribution in [1.29, 1.82) is 0 Å².